The molecule has 0 radical (unpaired) electrons. The monoisotopic (exact) mass is 177 g/mol. The summed E-state index contributed by atoms with van der Waals surface area (Å²) in [5.41, 5.74) is 2.65. The van der Waals surface area contributed by atoms with E-state index in [0.29, 0.717) is 0 Å². The van der Waals surface area contributed by atoms with Crippen LogP contribution in [0.4, 0.5) is 0 Å². The average Bonchev–Trinajstić information content (AvgIpc) is 2.51. The number of allylic oxidation sites excluding steroid dienone is 4. The average molecular weight is 177 g/mol. The molecule has 0 unspecified atom stereocenters. The van der Waals surface area contributed by atoms with Gasteiger partial charge in [0.15, 0.2) is 5.78 Å². The van der Waals surface area contributed by atoms with Crippen LogP contribution >= 0.6 is 0 Å². The Kier molecular flexibility index (Phi) is 2.21. The van der Waals surface area contributed by atoms with Crippen molar-refractivity contribution in [3.63, 3.8) is 0 Å². The van der Waals surface area contributed by atoms with Gasteiger partial charge in [-0.25, -0.2) is 0 Å². The number of hydrogen-bond donors (Lipinski definition) is 0. The third kappa shape index (κ3) is 1.67. The number of hydrogen-bond acceptors (Lipinski definition) is 2. The Morgan fingerprint density at radius 1 is 1.54 bits per heavy atom. The van der Waals surface area contributed by atoms with Crippen molar-refractivity contribution in [1.82, 2.24) is 4.90 Å². The molecule has 70 valence electrons. The number of ketones is 1. The zero-order chi connectivity index (χ0) is 9.26. The van der Waals surface area contributed by atoms with E-state index in [1.165, 1.54) is 24.2 Å². The zero-order valence-corrected chi connectivity index (χ0v) is 8.05. The summed E-state index contributed by atoms with van der Waals surface area (Å²) >= 11 is 0. The Hall–Kier alpha value is -1.05. The van der Waals surface area contributed by atoms with E-state index in [1.807, 2.05) is 0 Å². The molecule has 0 bridgehead atoms. The van der Waals surface area contributed by atoms with Crippen LogP contribution in [0.2, 0.25) is 0 Å². The van der Waals surface area contributed by atoms with Crippen LogP contribution in [0.3, 0.4) is 0 Å². The number of nitrogens with zero attached hydrogens (tertiary/aromatic N) is 1. The number of carbonyl (C=O) groups excluding carboxylic acids is 1. The van der Waals surface area contributed by atoms with Gasteiger partial charge in [0, 0.05) is 24.0 Å². The molecule has 0 aromatic rings. The van der Waals surface area contributed by atoms with Crippen molar-refractivity contribution < 1.29 is 4.79 Å². The molecule has 2 aliphatic heterocycles. The third-order valence-corrected chi connectivity index (χ3v) is 2.66. The highest BCUT2D eigenvalue weighted by Gasteiger charge is 2.22. The van der Waals surface area contributed by atoms with Crippen LogP contribution in [0, 0.1) is 0 Å². The van der Waals surface area contributed by atoms with Gasteiger partial charge in [-0.05, 0) is 32.6 Å². The molecule has 0 amide bonds. The minimum Gasteiger partial charge on any atom is -0.349 e. The van der Waals surface area contributed by atoms with Gasteiger partial charge in [-0.1, -0.05) is 6.08 Å². The van der Waals surface area contributed by atoms with Gasteiger partial charge in [0.05, 0.1) is 0 Å². The van der Waals surface area contributed by atoms with Crippen LogP contribution in [0.1, 0.15) is 32.6 Å². The first-order valence-electron chi connectivity index (χ1n) is 4.95. The molecular formula is C11H15NO. The fourth-order valence-electron chi connectivity index (χ4n) is 2.14. The standard InChI is InChI=1S/C11H15NO/c1-9(13)8-11-5-2-4-10-6-3-7-12(10)11/h4,8H,2-3,5-7H2,1H3/b11-8-. The fourth-order valence-corrected chi connectivity index (χ4v) is 2.14. The molecule has 0 aromatic carbocycles. The van der Waals surface area contributed by atoms with Crippen LogP contribution in [0.15, 0.2) is 23.5 Å². The van der Waals surface area contributed by atoms with Gasteiger partial charge in [0.1, 0.15) is 0 Å². The molecule has 0 saturated carbocycles. The first-order valence-corrected chi connectivity index (χ1v) is 4.95. The Bertz CT molecular complexity index is 288. The maximum Gasteiger partial charge on any atom is 0.154 e. The summed E-state index contributed by atoms with van der Waals surface area (Å²) in [4.78, 5) is 13.3. The van der Waals surface area contributed by atoms with Gasteiger partial charge < -0.3 is 4.90 Å². The molecule has 1 saturated heterocycles. The summed E-state index contributed by atoms with van der Waals surface area (Å²) in [7, 11) is 0. The molecule has 2 aliphatic rings. The van der Waals surface area contributed by atoms with E-state index < -0.39 is 0 Å². The molecular weight excluding hydrogens is 162 g/mol. The van der Waals surface area contributed by atoms with E-state index in [2.05, 4.69) is 11.0 Å². The molecule has 13 heavy (non-hydrogen) atoms. The van der Waals surface area contributed by atoms with Crippen LogP contribution in [0.5, 0.6) is 0 Å². The molecule has 0 aliphatic carbocycles. The fraction of sp³-hybridized carbons (Fsp3) is 0.545. The van der Waals surface area contributed by atoms with Gasteiger partial charge >= 0.3 is 0 Å². The number of carbonyl (C=O) groups is 1. The Balaban J connectivity index is 2.23. The second-order valence-electron chi connectivity index (χ2n) is 3.74. The van der Waals surface area contributed by atoms with Crippen molar-refractivity contribution in [2.24, 2.45) is 0 Å². The minimum atomic E-state index is 0.170. The van der Waals surface area contributed by atoms with Crippen LogP contribution in [-0.4, -0.2) is 17.2 Å². The first-order chi connectivity index (χ1) is 6.27. The topological polar surface area (TPSA) is 20.3 Å². The largest absolute Gasteiger partial charge is 0.349 e. The van der Waals surface area contributed by atoms with E-state index >= 15 is 0 Å². The lowest BCUT2D eigenvalue weighted by molar-refractivity contribution is -0.112. The van der Waals surface area contributed by atoms with Gasteiger partial charge in [0.25, 0.3) is 0 Å². The first kappa shape index (κ1) is 8.54. The zero-order valence-electron chi connectivity index (χ0n) is 8.05. The Labute approximate surface area is 78.9 Å². The van der Waals surface area contributed by atoms with Crippen LogP contribution < -0.4 is 0 Å². The van der Waals surface area contributed by atoms with E-state index in [0.717, 1.165) is 19.4 Å². The summed E-state index contributed by atoms with van der Waals surface area (Å²) in [5, 5.41) is 0. The van der Waals surface area contributed by atoms with Gasteiger partial charge in [0.2, 0.25) is 0 Å². The highest BCUT2D eigenvalue weighted by molar-refractivity contribution is 5.87. The SMILES string of the molecule is CC(=O)/C=C1/CCC=C2CCCN21. The molecule has 1 fully saturated rings. The van der Waals surface area contributed by atoms with Gasteiger partial charge in [-0.15, -0.1) is 0 Å². The molecule has 0 N–H and O–H groups in total. The molecule has 2 nitrogen and oxygen atoms in total. The van der Waals surface area contributed by atoms with Crippen molar-refractivity contribution in [2.45, 2.75) is 32.6 Å². The van der Waals surface area contributed by atoms with E-state index in [1.54, 1.807) is 13.0 Å². The van der Waals surface area contributed by atoms with E-state index in [4.69, 9.17) is 0 Å². The summed E-state index contributed by atoms with van der Waals surface area (Å²) < 4.78 is 0. The lowest BCUT2D eigenvalue weighted by Gasteiger charge is -2.27. The predicted molar refractivity (Wildman–Crippen MR) is 52.0 cm³/mol. The molecule has 0 atom stereocenters. The summed E-state index contributed by atoms with van der Waals surface area (Å²) in [6.45, 7) is 2.73. The highest BCUT2D eigenvalue weighted by Crippen LogP contribution is 2.32. The minimum absolute atomic E-state index is 0.170. The summed E-state index contributed by atoms with van der Waals surface area (Å²) in [6, 6.07) is 0. The van der Waals surface area contributed by atoms with Crippen LogP contribution in [0.25, 0.3) is 0 Å². The second-order valence-corrected chi connectivity index (χ2v) is 3.74. The van der Waals surface area contributed by atoms with Crippen LogP contribution in [-0.2, 0) is 4.79 Å². The lowest BCUT2D eigenvalue weighted by Crippen LogP contribution is -2.20. The highest BCUT2D eigenvalue weighted by atomic mass is 16.1. The van der Waals surface area contributed by atoms with Crippen molar-refractivity contribution in [3.05, 3.63) is 23.5 Å². The van der Waals surface area contributed by atoms with Gasteiger partial charge in [-0.2, -0.15) is 0 Å². The Morgan fingerprint density at radius 2 is 2.38 bits per heavy atom. The van der Waals surface area contributed by atoms with Crippen molar-refractivity contribution in [1.29, 1.82) is 0 Å². The quantitative estimate of drug-likeness (QED) is 0.572. The van der Waals surface area contributed by atoms with Gasteiger partial charge in [-0.3, -0.25) is 4.79 Å². The van der Waals surface area contributed by atoms with E-state index in [-0.39, 0.29) is 5.78 Å². The molecule has 0 aromatic heterocycles. The molecule has 0 spiro atoms. The predicted octanol–water partition coefficient (Wildman–Crippen LogP) is 2.23. The lowest BCUT2D eigenvalue weighted by atomic mass is 10.1. The van der Waals surface area contributed by atoms with Crippen molar-refractivity contribution in [2.75, 3.05) is 6.54 Å². The molecule has 2 rings (SSSR count). The maximum atomic E-state index is 11.0. The molecule has 2 heterocycles. The second kappa shape index (κ2) is 3.36. The van der Waals surface area contributed by atoms with Crippen molar-refractivity contribution in [3.8, 4) is 0 Å². The molecule has 2 heteroatoms. The Morgan fingerprint density at radius 3 is 3.15 bits per heavy atom. The number of rotatable bonds is 1. The number of fused-ring (bicyclic) bond motifs is 1. The smallest absolute Gasteiger partial charge is 0.154 e. The maximum absolute atomic E-state index is 11.0. The third-order valence-electron chi connectivity index (χ3n) is 2.66. The van der Waals surface area contributed by atoms with Crippen molar-refractivity contribution >= 4 is 5.78 Å². The summed E-state index contributed by atoms with van der Waals surface area (Å²) in [6.07, 6.45) is 8.66. The summed E-state index contributed by atoms with van der Waals surface area (Å²) in [5.74, 6) is 0.170. The normalized spacial score (nSPS) is 24.5. The van der Waals surface area contributed by atoms with E-state index in [9.17, 15) is 4.79 Å².